The second-order valence-electron chi connectivity index (χ2n) is 2.14. The maximum atomic E-state index is 9.55. The van der Waals surface area contributed by atoms with Crippen LogP contribution in [0.4, 0.5) is 0 Å². The molecule has 0 spiro atoms. The fourth-order valence-corrected chi connectivity index (χ4v) is 0.955. The largest absolute Gasteiger partial charge is 0.506 e. The zero-order valence-electron chi connectivity index (χ0n) is 7.34. The lowest BCUT2D eigenvalue weighted by Crippen LogP contribution is -1.86. The highest BCUT2D eigenvalue weighted by Gasteiger charge is 2.01. The predicted octanol–water partition coefficient (Wildman–Crippen LogP) is 3.86. The molecule has 1 N–H and O–H groups in total. The fourth-order valence-electron chi connectivity index (χ4n) is 0.726. The molecule has 66 valence electrons. The second-order valence-corrected chi connectivity index (χ2v) is 3.00. The van der Waals surface area contributed by atoms with Crippen LogP contribution in [0.1, 0.15) is 13.8 Å². The molecule has 12 heavy (non-hydrogen) atoms. The highest BCUT2D eigenvalue weighted by molar-refractivity contribution is 9.11. The van der Waals surface area contributed by atoms with Crippen molar-refractivity contribution in [2.75, 3.05) is 0 Å². The Kier molecular flexibility index (Phi) is 5.47. The van der Waals surface area contributed by atoms with Crippen LogP contribution in [0.15, 0.2) is 46.7 Å². The summed E-state index contributed by atoms with van der Waals surface area (Å²) in [5, 5.41) is 9.55. The van der Waals surface area contributed by atoms with Gasteiger partial charge in [0.15, 0.2) is 0 Å². The van der Waals surface area contributed by atoms with Crippen LogP contribution in [0.3, 0.4) is 0 Å². The van der Waals surface area contributed by atoms with E-state index in [9.17, 15) is 5.11 Å². The van der Waals surface area contributed by atoms with Crippen LogP contribution in [0.25, 0.3) is 0 Å². The number of halogens is 1. The number of hydrogen-bond acceptors (Lipinski definition) is 1. The topological polar surface area (TPSA) is 20.2 Å². The van der Waals surface area contributed by atoms with Gasteiger partial charge in [-0.3, -0.25) is 0 Å². The van der Waals surface area contributed by atoms with E-state index in [-0.39, 0.29) is 5.76 Å². The summed E-state index contributed by atoms with van der Waals surface area (Å²) in [5.74, 6) is 0.214. The first-order valence-corrected chi connectivity index (χ1v) is 4.47. The summed E-state index contributed by atoms with van der Waals surface area (Å²) in [7, 11) is 0. The smallest absolute Gasteiger partial charge is 0.136 e. The van der Waals surface area contributed by atoms with Crippen LogP contribution in [-0.4, -0.2) is 5.11 Å². The summed E-state index contributed by atoms with van der Waals surface area (Å²) in [6.45, 7) is 7.31. The minimum Gasteiger partial charge on any atom is -0.506 e. The van der Waals surface area contributed by atoms with Crippen molar-refractivity contribution >= 4 is 15.9 Å². The van der Waals surface area contributed by atoms with Crippen molar-refractivity contribution in [1.29, 1.82) is 0 Å². The SMILES string of the molecule is C=C\C(Br)=C(O)/C(=C\C)/C=C/C. The molecule has 0 aromatic carbocycles. The third-order valence-electron chi connectivity index (χ3n) is 1.34. The van der Waals surface area contributed by atoms with Gasteiger partial charge in [0.2, 0.25) is 0 Å². The van der Waals surface area contributed by atoms with Gasteiger partial charge in [-0.05, 0) is 29.8 Å². The van der Waals surface area contributed by atoms with Crippen LogP contribution < -0.4 is 0 Å². The Hall–Kier alpha value is -0.760. The van der Waals surface area contributed by atoms with Crippen molar-refractivity contribution in [1.82, 2.24) is 0 Å². The van der Waals surface area contributed by atoms with Gasteiger partial charge in [0.25, 0.3) is 0 Å². The monoisotopic (exact) mass is 228 g/mol. The first-order chi connectivity index (χ1) is 5.67. The Bertz CT molecular complexity index is 247. The maximum absolute atomic E-state index is 9.55. The van der Waals surface area contributed by atoms with Crippen LogP contribution >= 0.6 is 15.9 Å². The fraction of sp³-hybridized carbons (Fsp3) is 0.200. The molecule has 0 atom stereocenters. The van der Waals surface area contributed by atoms with Crippen LogP contribution in [0.5, 0.6) is 0 Å². The molecule has 1 nitrogen and oxygen atoms in total. The van der Waals surface area contributed by atoms with E-state index in [1.807, 2.05) is 32.1 Å². The Morgan fingerprint density at radius 3 is 2.33 bits per heavy atom. The van der Waals surface area contributed by atoms with Crippen molar-refractivity contribution in [2.45, 2.75) is 13.8 Å². The van der Waals surface area contributed by atoms with Gasteiger partial charge in [-0.15, -0.1) is 0 Å². The Labute approximate surface area is 81.9 Å². The van der Waals surface area contributed by atoms with E-state index in [1.54, 1.807) is 6.08 Å². The zero-order valence-corrected chi connectivity index (χ0v) is 8.93. The molecule has 0 aliphatic carbocycles. The molecule has 0 rings (SSSR count). The number of aliphatic hydroxyl groups is 1. The molecular formula is C10H13BrO. The van der Waals surface area contributed by atoms with Gasteiger partial charge in [-0.1, -0.05) is 30.9 Å². The lowest BCUT2D eigenvalue weighted by atomic mass is 10.2. The second kappa shape index (κ2) is 5.84. The van der Waals surface area contributed by atoms with E-state index in [2.05, 4.69) is 22.5 Å². The van der Waals surface area contributed by atoms with Gasteiger partial charge in [0.05, 0.1) is 4.48 Å². The van der Waals surface area contributed by atoms with Crippen molar-refractivity contribution in [2.24, 2.45) is 0 Å². The van der Waals surface area contributed by atoms with Gasteiger partial charge in [0, 0.05) is 5.57 Å². The third-order valence-corrected chi connectivity index (χ3v) is 2.04. The van der Waals surface area contributed by atoms with E-state index < -0.39 is 0 Å². The molecule has 0 heterocycles. The standard InChI is InChI=1S/C10H13BrO/c1-4-7-8(5-2)10(12)9(11)6-3/h4-7,12H,3H2,1-2H3/b7-4+,8-5-,10-9-. The Morgan fingerprint density at radius 1 is 1.42 bits per heavy atom. The van der Waals surface area contributed by atoms with E-state index >= 15 is 0 Å². The molecule has 0 bridgehead atoms. The minimum absolute atomic E-state index is 0.214. The van der Waals surface area contributed by atoms with Crippen LogP contribution in [0, 0.1) is 0 Å². The average molecular weight is 229 g/mol. The van der Waals surface area contributed by atoms with Gasteiger partial charge < -0.3 is 5.11 Å². The highest BCUT2D eigenvalue weighted by atomic mass is 79.9. The van der Waals surface area contributed by atoms with Crippen molar-refractivity contribution in [3.63, 3.8) is 0 Å². The normalized spacial score (nSPS) is 14.8. The summed E-state index contributed by atoms with van der Waals surface area (Å²) in [6, 6.07) is 0. The third kappa shape index (κ3) is 3.09. The highest BCUT2D eigenvalue weighted by Crippen LogP contribution is 2.18. The number of rotatable bonds is 3. The summed E-state index contributed by atoms with van der Waals surface area (Å²) in [4.78, 5) is 0. The van der Waals surface area contributed by atoms with Crippen molar-refractivity contribution in [3.05, 3.63) is 46.7 Å². The number of allylic oxidation sites excluding steroid dienone is 5. The molecule has 0 aliphatic rings. The molecule has 0 saturated carbocycles. The molecule has 0 aromatic heterocycles. The van der Waals surface area contributed by atoms with Crippen molar-refractivity contribution in [3.8, 4) is 0 Å². The maximum Gasteiger partial charge on any atom is 0.136 e. The van der Waals surface area contributed by atoms with Gasteiger partial charge in [-0.2, -0.15) is 0 Å². The Morgan fingerprint density at radius 2 is 2.00 bits per heavy atom. The molecule has 0 unspecified atom stereocenters. The molecule has 2 heteroatoms. The zero-order chi connectivity index (χ0) is 9.56. The Balaban J connectivity index is 4.89. The first-order valence-electron chi connectivity index (χ1n) is 3.67. The lowest BCUT2D eigenvalue weighted by Gasteiger charge is -2.01. The summed E-state index contributed by atoms with van der Waals surface area (Å²) >= 11 is 3.19. The minimum atomic E-state index is 0.214. The molecule has 0 radical (unpaired) electrons. The number of aliphatic hydroxyl groups excluding tert-OH is 1. The van der Waals surface area contributed by atoms with Gasteiger partial charge >= 0.3 is 0 Å². The van der Waals surface area contributed by atoms with Gasteiger partial charge in [-0.25, -0.2) is 0 Å². The molecular weight excluding hydrogens is 216 g/mol. The molecule has 0 saturated heterocycles. The van der Waals surface area contributed by atoms with Crippen molar-refractivity contribution < 1.29 is 5.11 Å². The summed E-state index contributed by atoms with van der Waals surface area (Å²) < 4.78 is 0.605. The van der Waals surface area contributed by atoms with E-state index in [0.29, 0.717) is 4.48 Å². The lowest BCUT2D eigenvalue weighted by molar-refractivity contribution is 0.425. The van der Waals surface area contributed by atoms with Crippen LogP contribution in [0.2, 0.25) is 0 Å². The average Bonchev–Trinajstić information content (AvgIpc) is 2.11. The quantitative estimate of drug-likeness (QED) is 0.575. The molecule has 0 aliphatic heterocycles. The number of hydrogen-bond donors (Lipinski definition) is 1. The first kappa shape index (κ1) is 11.2. The van der Waals surface area contributed by atoms with Crippen LogP contribution in [-0.2, 0) is 0 Å². The summed E-state index contributed by atoms with van der Waals surface area (Å²) in [6.07, 6.45) is 7.09. The molecule has 0 aromatic rings. The predicted molar refractivity (Wildman–Crippen MR) is 57.3 cm³/mol. The summed E-state index contributed by atoms with van der Waals surface area (Å²) in [5.41, 5.74) is 0.782. The van der Waals surface area contributed by atoms with E-state index in [0.717, 1.165) is 5.57 Å². The van der Waals surface area contributed by atoms with E-state index in [4.69, 9.17) is 0 Å². The molecule has 0 amide bonds. The van der Waals surface area contributed by atoms with E-state index in [1.165, 1.54) is 0 Å². The van der Waals surface area contributed by atoms with Gasteiger partial charge in [0.1, 0.15) is 5.76 Å². The molecule has 0 fully saturated rings.